The highest BCUT2D eigenvalue weighted by atomic mass is 35.5. The summed E-state index contributed by atoms with van der Waals surface area (Å²) in [5.74, 6) is 1.62. The quantitative estimate of drug-likeness (QED) is 0.594. The number of aromatic nitrogens is 3. The summed E-state index contributed by atoms with van der Waals surface area (Å²) < 4.78 is 2.03. The first kappa shape index (κ1) is 13.9. The highest BCUT2D eigenvalue weighted by Crippen LogP contribution is 2.25. The Kier molecular flexibility index (Phi) is 4.82. The lowest BCUT2D eigenvalue weighted by atomic mass is 10.2. The first-order valence-corrected chi connectivity index (χ1v) is 7.16. The monoisotopic (exact) mass is 291 g/mol. The smallest absolute Gasteiger partial charge is 0.192 e. The van der Waals surface area contributed by atoms with Crippen LogP contribution in [0.1, 0.15) is 0 Å². The van der Waals surface area contributed by atoms with E-state index < -0.39 is 0 Å². The normalized spacial score (nSPS) is 10.4. The summed E-state index contributed by atoms with van der Waals surface area (Å²) in [6.45, 7) is 8.16. The van der Waals surface area contributed by atoms with Crippen LogP contribution in [0.25, 0.3) is 11.4 Å². The molecule has 0 fully saturated rings. The second-order valence-corrected chi connectivity index (χ2v) is 5.24. The molecule has 0 radical (unpaired) electrons. The standard InChI is InChI=1S/C14H14ClN3S/c1-3-9-18-13(11-5-7-12(15)8-6-11)16-17-14(18)19-10-4-2/h3-8H,1-2,9-10H2. The fourth-order valence-corrected chi connectivity index (χ4v) is 2.44. The van der Waals surface area contributed by atoms with Gasteiger partial charge in [-0.2, -0.15) is 0 Å². The van der Waals surface area contributed by atoms with Crippen molar-refractivity contribution in [1.82, 2.24) is 14.8 Å². The first-order valence-electron chi connectivity index (χ1n) is 5.80. The van der Waals surface area contributed by atoms with E-state index in [4.69, 9.17) is 11.6 Å². The average Bonchev–Trinajstić information content (AvgIpc) is 2.81. The Morgan fingerprint density at radius 3 is 2.53 bits per heavy atom. The van der Waals surface area contributed by atoms with E-state index in [9.17, 15) is 0 Å². The molecule has 0 atom stereocenters. The van der Waals surface area contributed by atoms with Gasteiger partial charge in [0.1, 0.15) is 0 Å². The third-order valence-electron chi connectivity index (χ3n) is 2.46. The van der Waals surface area contributed by atoms with Crippen molar-refractivity contribution < 1.29 is 0 Å². The molecule has 0 aliphatic carbocycles. The second kappa shape index (κ2) is 6.59. The van der Waals surface area contributed by atoms with Crippen molar-refractivity contribution in [3.05, 3.63) is 54.6 Å². The van der Waals surface area contributed by atoms with Crippen LogP contribution in [0.2, 0.25) is 5.02 Å². The Labute approximate surface area is 122 Å². The molecule has 0 aliphatic rings. The lowest BCUT2D eigenvalue weighted by Gasteiger charge is -2.07. The zero-order valence-corrected chi connectivity index (χ0v) is 12.0. The van der Waals surface area contributed by atoms with Crippen LogP contribution in [-0.2, 0) is 6.54 Å². The molecule has 0 N–H and O–H groups in total. The summed E-state index contributed by atoms with van der Waals surface area (Å²) in [4.78, 5) is 0. The van der Waals surface area contributed by atoms with Crippen molar-refractivity contribution in [2.75, 3.05) is 5.75 Å². The van der Waals surface area contributed by atoms with Crippen LogP contribution in [0.15, 0.2) is 54.7 Å². The van der Waals surface area contributed by atoms with Crippen molar-refractivity contribution >= 4 is 23.4 Å². The Hall–Kier alpha value is -1.52. The van der Waals surface area contributed by atoms with Gasteiger partial charge in [-0.05, 0) is 24.3 Å². The average molecular weight is 292 g/mol. The van der Waals surface area contributed by atoms with Gasteiger partial charge >= 0.3 is 0 Å². The minimum Gasteiger partial charge on any atom is -0.298 e. The van der Waals surface area contributed by atoms with E-state index in [2.05, 4.69) is 23.4 Å². The molecular formula is C14H14ClN3S. The van der Waals surface area contributed by atoms with E-state index in [0.717, 1.165) is 22.3 Å². The van der Waals surface area contributed by atoms with E-state index in [1.54, 1.807) is 11.8 Å². The van der Waals surface area contributed by atoms with Gasteiger partial charge in [-0.25, -0.2) is 0 Å². The number of hydrogen-bond donors (Lipinski definition) is 0. The SMILES string of the molecule is C=CCSc1nnc(-c2ccc(Cl)cc2)n1CC=C. The molecule has 0 saturated carbocycles. The zero-order valence-electron chi connectivity index (χ0n) is 10.4. The van der Waals surface area contributed by atoms with Crippen molar-refractivity contribution in [3.8, 4) is 11.4 Å². The number of nitrogens with zero attached hydrogens (tertiary/aromatic N) is 3. The Morgan fingerprint density at radius 1 is 1.16 bits per heavy atom. The molecule has 3 nitrogen and oxygen atoms in total. The molecule has 98 valence electrons. The molecule has 0 spiro atoms. The second-order valence-electron chi connectivity index (χ2n) is 3.81. The lowest BCUT2D eigenvalue weighted by molar-refractivity contribution is 0.732. The number of thioether (sulfide) groups is 1. The molecule has 2 rings (SSSR count). The van der Waals surface area contributed by atoms with Crippen LogP contribution in [0, 0.1) is 0 Å². The largest absolute Gasteiger partial charge is 0.298 e. The van der Waals surface area contributed by atoms with Crippen LogP contribution in [0.4, 0.5) is 0 Å². The maximum atomic E-state index is 5.90. The number of allylic oxidation sites excluding steroid dienone is 1. The van der Waals surface area contributed by atoms with E-state index in [1.807, 2.05) is 41.0 Å². The molecule has 0 unspecified atom stereocenters. The molecule has 1 aromatic heterocycles. The third kappa shape index (κ3) is 3.28. The minimum atomic E-state index is 0.671. The van der Waals surface area contributed by atoms with Gasteiger partial charge in [-0.3, -0.25) is 4.57 Å². The molecule has 19 heavy (non-hydrogen) atoms. The van der Waals surface area contributed by atoms with Gasteiger partial charge in [0.2, 0.25) is 0 Å². The van der Waals surface area contributed by atoms with E-state index >= 15 is 0 Å². The zero-order chi connectivity index (χ0) is 13.7. The summed E-state index contributed by atoms with van der Waals surface area (Å²) >= 11 is 7.50. The Balaban J connectivity index is 2.38. The summed E-state index contributed by atoms with van der Waals surface area (Å²) in [6, 6.07) is 7.57. The van der Waals surface area contributed by atoms with Gasteiger partial charge in [-0.15, -0.1) is 23.4 Å². The fraction of sp³-hybridized carbons (Fsp3) is 0.143. The topological polar surface area (TPSA) is 30.7 Å². The van der Waals surface area contributed by atoms with Gasteiger partial charge in [0.15, 0.2) is 11.0 Å². The number of hydrogen-bond acceptors (Lipinski definition) is 3. The van der Waals surface area contributed by atoms with Crippen molar-refractivity contribution in [2.45, 2.75) is 11.7 Å². The predicted octanol–water partition coefficient (Wildman–Crippen LogP) is 4.06. The predicted molar refractivity (Wildman–Crippen MR) is 81.6 cm³/mol. The van der Waals surface area contributed by atoms with Gasteiger partial charge in [0, 0.05) is 22.9 Å². The number of benzene rings is 1. The molecule has 2 aromatic rings. The first-order chi connectivity index (χ1) is 9.26. The van der Waals surface area contributed by atoms with Gasteiger partial charge in [0.25, 0.3) is 0 Å². The molecule has 1 aromatic carbocycles. The van der Waals surface area contributed by atoms with E-state index in [0.29, 0.717) is 11.6 Å². The van der Waals surface area contributed by atoms with Crippen LogP contribution < -0.4 is 0 Å². The third-order valence-corrected chi connectivity index (χ3v) is 3.68. The molecule has 1 heterocycles. The van der Waals surface area contributed by atoms with Crippen LogP contribution in [0.5, 0.6) is 0 Å². The molecule has 0 saturated heterocycles. The molecular weight excluding hydrogens is 278 g/mol. The van der Waals surface area contributed by atoms with Gasteiger partial charge in [-0.1, -0.05) is 35.5 Å². The Bertz CT molecular complexity index is 575. The van der Waals surface area contributed by atoms with Crippen LogP contribution in [-0.4, -0.2) is 20.5 Å². The minimum absolute atomic E-state index is 0.671. The maximum Gasteiger partial charge on any atom is 0.192 e. The Morgan fingerprint density at radius 2 is 1.89 bits per heavy atom. The summed E-state index contributed by atoms with van der Waals surface area (Å²) in [7, 11) is 0. The number of halogens is 1. The molecule has 0 amide bonds. The highest BCUT2D eigenvalue weighted by Gasteiger charge is 2.12. The molecule has 0 bridgehead atoms. The van der Waals surface area contributed by atoms with Crippen molar-refractivity contribution in [1.29, 1.82) is 0 Å². The van der Waals surface area contributed by atoms with Gasteiger partial charge in [0.05, 0.1) is 0 Å². The van der Waals surface area contributed by atoms with Crippen molar-refractivity contribution in [2.24, 2.45) is 0 Å². The van der Waals surface area contributed by atoms with Crippen LogP contribution in [0.3, 0.4) is 0 Å². The lowest BCUT2D eigenvalue weighted by Crippen LogP contribution is -2.00. The fourth-order valence-electron chi connectivity index (χ4n) is 1.64. The molecule has 0 aliphatic heterocycles. The number of rotatable bonds is 6. The van der Waals surface area contributed by atoms with E-state index in [-0.39, 0.29) is 0 Å². The van der Waals surface area contributed by atoms with Crippen molar-refractivity contribution in [3.63, 3.8) is 0 Å². The highest BCUT2D eigenvalue weighted by molar-refractivity contribution is 7.99. The van der Waals surface area contributed by atoms with Crippen LogP contribution >= 0.6 is 23.4 Å². The summed E-state index contributed by atoms with van der Waals surface area (Å²) in [6.07, 6.45) is 3.68. The van der Waals surface area contributed by atoms with Gasteiger partial charge < -0.3 is 0 Å². The summed E-state index contributed by atoms with van der Waals surface area (Å²) in [5, 5.41) is 10.0. The van der Waals surface area contributed by atoms with E-state index in [1.165, 1.54) is 0 Å². The maximum absolute atomic E-state index is 5.90. The molecule has 5 heteroatoms. The summed E-state index contributed by atoms with van der Waals surface area (Å²) in [5.41, 5.74) is 0.990.